The van der Waals surface area contributed by atoms with Gasteiger partial charge in [-0.3, -0.25) is 4.98 Å². The molecule has 19 heavy (non-hydrogen) atoms. The zero-order valence-electron chi connectivity index (χ0n) is 12.4. The quantitative estimate of drug-likeness (QED) is 0.875. The van der Waals surface area contributed by atoms with Crippen molar-refractivity contribution in [3.63, 3.8) is 0 Å². The van der Waals surface area contributed by atoms with Crippen molar-refractivity contribution in [2.75, 3.05) is 38.6 Å². The molecule has 2 heterocycles. The van der Waals surface area contributed by atoms with Crippen LogP contribution in [0.4, 0.5) is 5.69 Å². The Balaban J connectivity index is 2.04. The first kappa shape index (κ1) is 14.3. The van der Waals surface area contributed by atoms with Gasteiger partial charge in [0.15, 0.2) is 0 Å². The van der Waals surface area contributed by atoms with Crippen LogP contribution in [0.15, 0.2) is 18.3 Å². The van der Waals surface area contributed by atoms with Gasteiger partial charge in [-0.15, -0.1) is 0 Å². The molecular weight excluding hydrogens is 236 g/mol. The molecule has 106 valence electrons. The highest BCUT2D eigenvalue weighted by atomic mass is 15.2. The monoisotopic (exact) mass is 262 g/mol. The van der Waals surface area contributed by atoms with Crippen molar-refractivity contribution in [2.24, 2.45) is 0 Å². The summed E-state index contributed by atoms with van der Waals surface area (Å²) in [6.45, 7) is 6.25. The summed E-state index contributed by atoms with van der Waals surface area (Å²) in [6.07, 6.45) is 4.51. The average molecular weight is 262 g/mol. The number of aromatic nitrogens is 1. The molecule has 1 aromatic rings. The van der Waals surface area contributed by atoms with Gasteiger partial charge < -0.3 is 15.1 Å². The highest BCUT2D eigenvalue weighted by Gasteiger charge is 2.21. The Labute approximate surface area is 116 Å². The van der Waals surface area contributed by atoms with Crippen LogP contribution in [0.3, 0.4) is 0 Å². The number of piperidine rings is 1. The van der Waals surface area contributed by atoms with Crippen LogP contribution in [0.2, 0.25) is 0 Å². The smallest absolute Gasteiger partial charge is 0.0562 e. The Hall–Kier alpha value is -1.13. The van der Waals surface area contributed by atoms with Gasteiger partial charge in [0.25, 0.3) is 0 Å². The topological polar surface area (TPSA) is 31.4 Å². The standard InChI is InChI=1S/C15H26N4/c1-4-16-11-13-10-14(7-8-17-13)19-9-5-6-15(12-19)18(2)3/h7-8,10,15-16H,4-6,9,11-12H2,1-3H3. The number of hydrogen-bond acceptors (Lipinski definition) is 4. The maximum absolute atomic E-state index is 4.43. The van der Waals surface area contributed by atoms with Crippen molar-refractivity contribution in [3.05, 3.63) is 24.0 Å². The van der Waals surface area contributed by atoms with Gasteiger partial charge in [-0.25, -0.2) is 0 Å². The summed E-state index contributed by atoms with van der Waals surface area (Å²) >= 11 is 0. The van der Waals surface area contributed by atoms with E-state index in [-0.39, 0.29) is 0 Å². The average Bonchev–Trinajstić information content (AvgIpc) is 2.45. The molecule has 0 saturated carbocycles. The molecule has 1 atom stereocenters. The molecule has 0 radical (unpaired) electrons. The SMILES string of the molecule is CCNCc1cc(N2CCCC(N(C)C)C2)ccn1. The third-order valence-electron chi connectivity index (χ3n) is 3.85. The van der Waals surface area contributed by atoms with Crippen molar-refractivity contribution in [1.82, 2.24) is 15.2 Å². The van der Waals surface area contributed by atoms with Gasteiger partial charge in [-0.1, -0.05) is 6.92 Å². The number of pyridine rings is 1. The molecule has 1 fully saturated rings. The highest BCUT2D eigenvalue weighted by Crippen LogP contribution is 2.21. The van der Waals surface area contributed by atoms with Gasteiger partial charge in [0.05, 0.1) is 5.69 Å². The second-order valence-corrected chi connectivity index (χ2v) is 5.49. The zero-order chi connectivity index (χ0) is 13.7. The Morgan fingerprint density at radius 2 is 2.32 bits per heavy atom. The number of nitrogens with one attached hydrogen (secondary N) is 1. The van der Waals surface area contributed by atoms with Crippen molar-refractivity contribution < 1.29 is 0 Å². The summed E-state index contributed by atoms with van der Waals surface area (Å²) < 4.78 is 0. The van der Waals surface area contributed by atoms with E-state index < -0.39 is 0 Å². The molecule has 1 unspecified atom stereocenters. The van der Waals surface area contributed by atoms with Crippen molar-refractivity contribution in [3.8, 4) is 0 Å². The van der Waals surface area contributed by atoms with E-state index in [4.69, 9.17) is 0 Å². The summed E-state index contributed by atoms with van der Waals surface area (Å²) in [5.74, 6) is 0. The minimum absolute atomic E-state index is 0.666. The lowest BCUT2D eigenvalue weighted by Crippen LogP contribution is -2.45. The fourth-order valence-corrected chi connectivity index (χ4v) is 2.62. The molecule has 1 aliphatic rings. The molecule has 0 aliphatic carbocycles. The van der Waals surface area contributed by atoms with E-state index in [1.165, 1.54) is 18.5 Å². The first-order chi connectivity index (χ1) is 9.20. The lowest BCUT2D eigenvalue weighted by Gasteiger charge is -2.37. The summed E-state index contributed by atoms with van der Waals surface area (Å²) in [5, 5.41) is 3.33. The fourth-order valence-electron chi connectivity index (χ4n) is 2.62. The fraction of sp³-hybridized carbons (Fsp3) is 0.667. The first-order valence-electron chi connectivity index (χ1n) is 7.27. The zero-order valence-corrected chi connectivity index (χ0v) is 12.4. The molecule has 1 N–H and O–H groups in total. The Morgan fingerprint density at radius 1 is 1.47 bits per heavy atom. The van der Waals surface area contributed by atoms with Crippen LogP contribution in [0, 0.1) is 0 Å². The molecule has 1 aromatic heterocycles. The van der Waals surface area contributed by atoms with E-state index in [1.807, 2.05) is 6.20 Å². The Kier molecular flexibility index (Phi) is 5.16. The highest BCUT2D eigenvalue weighted by molar-refractivity contribution is 5.47. The van der Waals surface area contributed by atoms with Crippen molar-refractivity contribution in [2.45, 2.75) is 32.4 Å². The van der Waals surface area contributed by atoms with Crippen LogP contribution in [0.5, 0.6) is 0 Å². The molecule has 4 heteroatoms. The van der Waals surface area contributed by atoms with Gasteiger partial charge in [0.1, 0.15) is 0 Å². The van der Waals surface area contributed by atoms with Crippen LogP contribution in [-0.2, 0) is 6.54 Å². The van der Waals surface area contributed by atoms with Crippen LogP contribution in [-0.4, -0.2) is 49.7 Å². The summed E-state index contributed by atoms with van der Waals surface area (Å²) in [6, 6.07) is 5.02. The van der Waals surface area contributed by atoms with Gasteiger partial charge in [0.2, 0.25) is 0 Å². The molecule has 0 spiro atoms. The van der Waals surface area contributed by atoms with Gasteiger partial charge in [-0.2, -0.15) is 0 Å². The Morgan fingerprint density at radius 3 is 3.05 bits per heavy atom. The van der Waals surface area contributed by atoms with Crippen LogP contribution < -0.4 is 10.2 Å². The van der Waals surface area contributed by atoms with E-state index in [1.54, 1.807) is 0 Å². The van der Waals surface area contributed by atoms with E-state index in [2.05, 4.69) is 53.3 Å². The largest absolute Gasteiger partial charge is 0.370 e. The summed E-state index contributed by atoms with van der Waals surface area (Å²) in [4.78, 5) is 9.26. The molecular formula is C15H26N4. The summed E-state index contributed by atoms with van der Waals surface area (Å²) in [5.41, 5.74) is 2.45. The number of likely N-dealkylation sites (N-methyl/N-ethyl adjacent to an activating group) is 1. The predicted octanol–water partition coefficient (Wildman–Crippen LogP) is 1.72. The molecule has 1 aliphatic heterocycles. The third kappa shape index (κ3) is 3.91. The normalized spacial score (nSPS) is 20.0. The molecule has 0 amide bonds. The number of nitrogens with zero attached hydrogens (tertiary/aromatic N) is 3. The van der Waals surface area contributed by atoms with Gasteiger partial charge in [-0.05, 0) is 45.6 Å². The van der Waals surface area contributed by atoms with E-state index >= 15 is 0 Å². The lowest BCUT2D eigenvalue weighted by molar-refractivity contribution is 0.258. The minimum Gasteiger partial charge on any atom is -0.370 e. The minimum atomic E-state index is 0.666. The summed E-state index contributed by atoms with van der Waals surface area (Å²) in [7, 11) is 4.36. The first-order valence-corrected chi connectivity index (χ1v) is 7.27. The van der Waals surface area contributed by atoms with Crippen LogP contribution in [0.1, 0.15) is 25.5 Å². The lowest BCUT2D eigenvalue weighted by atomic mass is 10.0. The second-order valence-electron chi connectivity index (χ2n) is 5.49. The van der Waals surface area contributed by atoms with Crippen molar-refractivity contribution in [1.29, 1.82) is 0 Å². The number of rotatable bonds is 5. The Bertz CT molecular complexity index is 391. The van der Waals surface area contributed by atoms with E-state index in [9.17, 15) is 0 Å². The third-order valence-corrected chi connectivity index (χ3v) is 3.85. The van der Waals surface area contributed by atoms with Crippen LogP contribution >= 0.6 is 0 Å². The molecule has 1 saturated heterocycles. The van der Waals surface area contributed by atoms with Crippen molar-refractivity contribution >= 4 is 5.69 Å². The maximum atomic E-state index is 4.43. The number of anilines is 1. The van der Waals surface area contributed by atoms with E-state index in [0.717, 1.165) is 31.9 Å². The molecule has 2 rings (SSSR count). The van der Waals surface area contributed by atoms with Gasteiger partial charge in [0, 0.05) is 37.6 Å². The van der Waals surface area contributed by atoms with Gasteiger partial charge >= 0.3 is 0 Å². The molecule has 0 aromatic carbocycles. The predicted molar refractivity (Wildman–Crippen MR) is 80.5 cm³/mol. The number of hydrogen-bond donors (Lipinski definition) is 1. The van der Waals surface area contributed by atoms with Crippen LogP contribution in [0.25, 0.3) is 0 Å². The molecule has 4 nitrogen and oxygen atoms in total. The molecule has 0 bridgehead atoms. The maximum Gasteiger partial charge on any atom is 0.0562 e. The van der Waals surface area contributed by atoms with E-state index in [0.29, 0.717) is 6.04 Å². The second kappa shape index (κ2) is 6.87.